The Labute approximate surface area is 108 Å². The maximum absolute atomic E-state index is 6.32. The lowest BCUT2D eigenvalue weighted by Gasteiger charge is -2.27. The van der Waals surface area contributed by atoms with Gasteiger partial charge in [0.2, 0.25) is 0 Å². The summed E-state index contributed by atoms with van der Waals surface area (Å²) in [7, 11) is 1.72. The molecule has 0 saturated carbocycles. The Bertz CT molecular complexity index is 532. The summed E-state index contributed by atoms with van der Waals surface area (Å²) in [6.45, 7) is 4.10. The SMILES string of the molecule is COC(C)(C)CC(N)c1cccc2ncccc12. The molecule has 96 valence electrons. The van der Waals surface area contributed by atoms with Gasteiger partial charge in [-0.3, -0.25) is 4.98 Å². The van der Waals surface area contributed by atoms with Gasteiger partial charge in [0.15, 0.2) is 0 Å². The summed E-state index contributed by atoms with van der Waals surface area (Å²) in [5.74, 6) is 0. The molecule has 3 heteroatoms. The van der Waals surface area contributed by atoms with Gasteiger partial charge in [-0.25, -0.2) is 0 Å². The van der Waals surface area contributed by atoms with Crippen molar-refractivity contribution >= 4 is 10.9 Å². The number of benzene rings is 1. The van der Waals surface area contributed by atoms with Gasteiger partial charge in [0, 0.05) is 24.7 Å². The molecule has 0 amide bonds. The van der Waals surface area contributed by atoms with Crippen LogP contribution in [0.15, 0.2) is 36.5 Å². The third kappa shape index (κ3) is 2.68. The number of rotatable bonds is 4. The number of hydrogen-bond donors (Lipinski definition) is 1. The zero-order valence-electron chi connectivity index (χ0n) is 11.2. The van der Waals surface area contributed by atoms with Crippen LogP contribution in [0.2, 0.25) is 0 Å². The van der Waals surface area contributed by atoms with E-state index in [0.717, 1.165) is 22.9 Å². The standard InChI is InChI=1S/C15H20N2O/c1-15(2,18-3)10-13(16)11-6-4-8-14-12(11)7-5-9-17-14/h4-9,13H,10,16H2,1-3H3. The normalized spacial score (nSPS) is 13.8. The number of fused-ring (bicyclic) bond motifs is 1. The first-order chi connectivity index (χ1) is 8.53. The zero-order valence-corrected chi connectivity index (χ0v) is 11.2. The Balaban J connectivity index is 2.36. The molecule has 1 atom stereocenters. The number of nitrogens with two attached hydrogens (primary N) is 1. The van der Waals surface area contributed by atoms with Gasteiger partial charge in [-0.1, -0.05) is 18.2 Å². The van der Waals surface area contributed by atoms with Gasteiger partial charge < -0.3 is 10.5 Å². The molecule has 2 N–H and O–H groups in total. The third-order valence-electron chi connectivity index (χ3n) is 3.34. The minimum atomic E-state index is -0.218. The third-order valence-corrected chi connectivity index (χ3v) is 3.34. The van der Waals surface area contributed by atoms with Crippen LogP contribution in [0, 0.1) is 0 Å². The Hall–Kier alpha value is -1.45. The second-order valence-electron chi connectivity index (χ2n) is 5.19. The van der Waals surface area contributed by atoms with Crippen LogP contribution in [0.5, 0.6) is 0 Å². The maximum atomic E-state index is 6.32. The number of hydrogen-bond acceptors (Lipinski definition) is 3. The molecule has 0 radical (unpaired) electrons. The summed E-state index contributed by atoms with van der Waals surface area (Å²) in [4.78, 5) is 4.35. The average molecular weight is 244 g/mol. The smallest absolute Gasteiger partial charge is 0.0705 e. The van der Waals surface area contributed by atoms with Gasteiger partial charge in [0.05, 0.1) is 11.1 Å². The largest absolute Gasteiger partial charge is 0.379 e. The number of pyridine rings is 1. The summed E-state index contributed by atoms with van der Waals surface area (Å²) in [6, 6.07) is 10.0. The van der Waals surface area contributed by atoms with E-state index in [0.29, 0.717) is 0 Å². The van der Waals surface area contributed by atoms with E-state index in [1.54, 1.807) is 13.3 Å². The van der Waals surface area contributed by atoms with E-state index >= 15 is 0 Å². The van der Waals surface area contributed by atoms with Crippen molar-refractivity contribution in [3.8, 4) is 0 Å². The van der Waals surface area contributed by atoms with Crippen LogP contribution in [-0.4, -0.2) is 17.7 Å². The summed E-state index contributed by atoms with van der Waals surface area (Å²) < 4.78 is 5.45. The van der Waals surface area contributed by atoms with Crippen molar-refractivity contribution < 1.29 is 4.74 Å². The van der Waals surface area contributed by atoms with Crippen molar-refractivity contribution in [3.05, 3.63) is 42.1 Å². The second-order valence-corrected chi connectivity index (χ2v) is 5.19. The average Bonchev–Trinajstić information content (AvgIpc) is 2.37. The number of methoxy groups -OCH3 is 1. The number of nitrogens with zero attached hydrogens (tertiary/aromatic N) is 1. The Kier molecular flexibility index (Phi) is 3.64. The van der Waals surface area contributed by atoms with Crippen LogP contribution in [-0.2, 0) is 4.74 Å². The van der Waals surface area contributed by atoms with Gasteiger partial charge in [-0.15, -0.1) is 0 Å². The van der Waals surface area contributed by atoms with Gasteiger partial charge in [0.25, 0.3) is 0 Å². The van der Waals surface area contributed by atoms with Crippen LogP contribution < -0.4 is 5.73 Å². The van der Waals surface area contributed by atoms with Gasteiger partial charge in [0.1, 0.15) is 0 Å². The van der Waals surface area contributed by atoms with Crippen molar-refractivity contribution in [2.45, 2.75) is 31.9 Å². The minimum Gasteiger partial charge on any atom is -0.379 e. The van der Waals surface area contributed by atoms with Crippen molar-refractivity contribution in [1.82, 2.24) is 4.98 Å². The van der Waals surface area contributed by atoms with E-state index in [1.165, 1.54) is 0 Å². The predicted octanol–water partition coefficient (Wildman–Crippen LogP) is 3.05. The highest BCUT2D eigenvalue weighted by molar-refractivity contribution is 5.82. The van der Waals surface area contributed by atoms with Crippen LogP contribution in [0.25, 0.3) is 10.9 Å². The summed E-state index contributed by atoms with van der Waals surface area (Å²) in [5.41, 5.74) is 8.21. The fraction of sp³-hybridized carbons (Fsp3) is 0.400. The van der Waals surface area contributed by atoms with E-state index in [4.69, 9.17) is 10.5 Å². The van der Waals surface area contributed by atoms with Gasteiger partial charge in [-0.2, -0.15) is 0 Å². The second kappa shape index (κ2) is 5.04. The Morgan fingerprint density at radius 1 is 1.28 bits per heavy atom. The van der Waals surface area contributed by atoms with E-state index in [1.807, 2.05) is 18.2 Å². The van der Waals surface area contributed by atoms with Crippen molar-refractivity contribution in [1.29, 1.82) is 0 Å². The monoisotopic (exact) mass is 244 g/mol. The van der Waals surface area contributed by atoms with Crippen LogP contribution in [0.1, 0.15) is 31.9 Å². The predicted molar refractivity (Wildman–Crippen MR) is 74.4 cm³/mol. The van der Waals surface area contributed by atoms with E-state index in [9.17, 15) is 0 Å². The molecule has 2 aromatic rings. The summed E-state index contributed by atoms with van der Waals surface area (Å²) in [6.07, 6.45) is 2.58. The van der Waals surface area contributed by atoms with Crippen LogP contribution in [0.4, 0.5) is 0 Å². The topological polar surface area (TPSA) is 48.1 Å². The molecule has 0 saturated heterocycles. The highest BCUT2D eigenvalue weighted by Gasteiger charge is 2.22. The Morgan fingerprint density at radius 3 is 2.78 bits per heavy atom. The molecular weight excluding hydrogens is 224 g/mol. The number of ether oxygens (including phenoxy) is 1. The van der Waals surface area contributed by atoms with Crippen molar-refractivity contribution in [2.75, 3.05) is 7.11 Å². The summed E-state index contributed by atoms with van der Waals surface area (Å²) in [5, 5.41) is 1.12. The fourth-order valence-electron chi connectivity index (χ4n) is 2.17. The molecule has 0 aliphatic carbocycles. The van der Waals surface area contributed by atoms with Gasteiger partial charge >= 0.3 is 0 Å². The fourth-order valence-corrected chi connectivity index (χ4v) is 2.17. The summed E-state index contributed by atoms with van der Waals surface area (Å²) >= 11 is 0. The minimum absolute atomic E-state index is 0.0483. The lowest BCUT2D eigenvalue weighted by atomic mass is 9.92. The molecule has 1 heterocycles. The molecule has 0 spiro atoms. The number of aromatic nitrogens is 1. The molecule has 0 fully saturated rings. The molecule has 18 heavy (non-hydrogen) atoms. The molecule has 0 aliphatic heterocycles. The molecule has 1 unspecified atom stereocenters. The van der Waals surface area contributed by atoms with E-state index in [2.05, 4.69) is 31.0 Å². The highest BCUT2D eigenvalue weighted by atomic mass is 16.5. The molecule has 0 bridgehead atoms. The molecule has 2 rings (SSSR count). The molecule has 0 aliphatic rings. The van der Waals surface area contributed by atoms with E-state index in [-0.39, 0.29) is 11.6 Å². The van der Waals surface area contributed by atoms with E-state index < -0.39 is 0 Å². The lowest BCUT2D eigenvalue weighted by molar-refractivity contribution is 0.0101. The van der Waals surface area contributed by atoms with Crippen LogP contribution in [0.3, 0.4) is 0 Å². The zero-order chi connectivity index (χ0) is 13.2. The quantitative estimate of drug-likeness (QED) is 0.899. The van der Waals surface area contributed by atoms with Crippen LogP contribution >= 0.6 is 0 Å². The lowest BCUT2D eigenvalue weighted by Crippen LogP contribution is -2.28. The molecular formula is C15H20N2O. The first-order valence-electron chi connectivity index (χ1n) is 6.18. The van der Waals surface area contributed by atoms with Crippen molar-refractivity contribution in [2.24, 2.45) is 5.73 Å². The van der Waals surface area contributed by atoms with Gasteiger partial charge in [-0.05, 0) is 38.0 Å². The first kappa shape index (κ1) is 13.0. The first-order valence-corrected chi connectivity index (χ1v) is 6.18. The highest BCUT2D eigenvalue weighted by Crippen LogP contribution is 2.28. The molecule has 1 aromatic heterocycles. The maximum Gasteiger partial charge on any atom is 0.0705 e. The molecule has 1 aromatic carbocycles. The Morgan fingerprint density at radius 2 is 2.06 bits per heavy atom. The van der Waals surface area contributed by atoms with Crippen molar-refractivity contribution in [3.63, 3.8) is 0 Å². The molecule has 3 nitrogen and oxygen atoms in total.